The summed E-state index contributed by atoms with van der Waals surface area (Å²) in [4.78, 5) is 15.9. The Balaban J connectivity index is 1.41. The maximum absolute atomic E-state index is 13.6. The standard InChI is InChI=1S/C23H22F3N3O3/c1-29-10-9-27-21(29)22(31,23(24,25)26)13-20(30)28-14-15-2-4-16(5-3-15)17-6-7-19-18(12-17)8-11-32-19/h2-7,9-10,12,31H,8,11,13-14H2,1H3,(H,28,30). The van der Waals surface area contributed by atoms with Crippen molar-refractivity contribution in [1.29, 1.82) is 0 Å². The number of amides is 1. The van der Waals surface area contributed by atoms with Crippen molar-refractivity contribution in [3.8, 4) is 16.9 Å². The molecule has 0 fully saturated rings. The summed E-state index contributed by atoms with van der Waals surface area (Å²) < 4.78 is 47.3. The summed E-state index contributed by atoms with van der Waals surface area (Å²) in [7, 11) is 1.33. The molecule has 6 nitrogen and oxygen atoms in total. The Labute approximate surface area is 182 Å². The molecule has 2 aromatic carbocycles. The van der Waals surface area contributed by atoms with Gasteiger partial charge >= 0.3 is 6.18 Å². The topological polar surface area (TPSA) is 76.4 Å². The molecule has 9 heteroatoms. The number of aromatic nitrogens is 2. The molecule has 2 heterocycles. The van der Waals surface area contributed by atoms with Crippen LogP contribution in [0.5, 0.6) is 5.75 Å². The predicted octanol–water partition coefficient (Wildman–Crippen LogP) is 3.48. The van der Waals surface area contributed by atoms with E-state index in [0.29, 0.717) is 6.61 Å². The number of nitrogens with one attached hydrogen (secondary N) is 1. The van der Waals surface area contributed by atoms with Crippen LogP contribution in [0.2, 0.25) is 0 Å². The summed E-state index contributed by atoms with van der Waals surface area (Å²) >= 11 is 0. The molecule has 2 N–H and O–H groups in total. The Bertz CT molecular complexity index is 1130. The van der Waals surface area contributed by atoms with Gasteiger partial charge < -0.3 is 19.7 Å². The van der Waals surface area contributed by atoms with Crippen LogP contribution in [0.1, 0.15) is 23.4 Å². The Kier molecular flexibility index (Phi) is 5.68. The van der Waals surface area contributed by atoms with Crippen LogP contribution in [0.4, 0.5) is 13.2 Å². The van der Waals surface area contributed by atoms with E-state index in [4.69, 9.17) is 4.74 Å². The van der Waals surface area contributed by atoms with Crippen molar-refractivity contribution in [2.45, 2.75) is 31.2 Å². The molecule has 1 unspecified atom stereocenters. The number of imidazole rings is 1. The molecule has 1 aliphatic rings. The molecule has 0 aliphatic carbocycles. The molecular weight excluding hydrogens is 423 g/mol. The summed E-state index contributed by atoms with van der Waals surface area (Å²) in [5.74, 6) is -0.669. The fourth-order valence-corrected chi connectivity index (χ4v) is 3.75. The lowest BCUT2D eigenvalue weighted by molar-refractivity contribution is -0.271. The largest absolute Gasteiger partial charge is 0.493 e. The third-order valence-electron chi connectivity index (χ3n) is 5.54. The molecule has 0 saturated heterocycles. The number of carbonyl (C=O) groups excluding carboxylic acids is 1. The highest BCUT2D eigenvalue weighted by Gasteiger charge is 2.58. The van der Waals surface area contributed by atoms with E-state index in [0.717, 1.165) is 45.2 Å². The number of aryl methyl sites for hydroxylation is 1. The average Bonchev–Trinajstić information content (AvgIpc) is 3.40. The molecule has 3 aromatic rings. The second kappa shape index (κ2) is 8.31. The summed E-state index contributed by atoms with van der Waals surface area (Å²) in [5, 5.41) is 12.8. The van der Waals surface area contributed by atoms with Crippen LogP contribution in [0.15, 0.2) is 54.9 Å². The van der Waals surface area contributed by atoms with Crippen molar-refractivity contribution >= 4 is 5.91 Å². The minimum atomic E-state index is -5.06. The number of hydrogen-bond donors (Lipinski definition) is 2. The van der Waals surface area contributed by atoms with Crippen molar-refractivity contribution in [1.82, 2.24) is 14.9 Å². The lowest BCUT2D eigenvalue weighted by Crippen LogP contribution is -2.47. The van der Waals surface area contributed by atoms with Gasteiger partial charge in [-0.1, -0.05) is 30.3 Å². The Morgan fingerprint density at radius 1 is 1.19 bits per heavy atom. The zero-order valence-electron chi connectivity index (χ0n) is 17.3. The van der Waals surface area contributed by atoms with E-state index in [9.17, 15) is 23.1 Å². The average molecular weight is 445 g/mol. The number of carbonyl (C=O) groups is 1. The van der Waals surface area contributed by atoms with Crippen LogP contribution in [-0.4, -0.2) is 33.3 Å². The number of hydrogen-bond acceptors (Lipinski definition) is 4. The number of halogens is 3. The van der Waals surface area contributed by atoms with E-state index in [1.807, 2.05) is 24.3 Å². The highest BCUT2D eigenvalue weighted by atomic mass is 19.4. The predicted molar refractivity (Wildman–Crippen MR) is 111 cm³/mol. The molecule has 1 aliphatic heterocycles. The van der Waals surface area contributed by atoms with Crippen molar-refractivity contribution in [3.05, 3.63) is 71.8 Å². The minimum Gasteiger partial charge on any atom is -0.493 e. The summed E-state index contributed by atoms with van der Waals surface area (Å²) in [6, 6.07) is 13.4. The minimum absolute atomic E-state index is 0.0334. The second-order valence-electron chi connectivity index (χ2n) is 7.79. The number of nitrogens with zero attached hydrogens (tertiary/aromatic N) is 2. The maximum Gasteiger partial charge on any atom is 0.425 e. The summed E-state index contributed by atoms with van der Waals surface area (Å²) in [5.41, 5.74) is 0.519. The molecule has 0 radical (unpaired) electrons. The molecule has 0 spiro atoms. The SMILES string of the molecule is Cn1ccnc1C(O)(CC(=O)NCc1ccc(-c2ccc3c(c2)CCO3)cc1)C(F)(F)F. The van der Waals surface area contributed by atoms with Crippen LogP contribution < -0.4 is 10.1 Å². The molecule has 4 rings (SSSR count). The van der Waals surface area contributed by atoms with Gasteiger partial charge in [0.2, 0.25) is 11.5 Å². The van der Waals surface area contributed by atoms with Gasteiger partial charge in [-0.3, -0.25) is 4.79 Å². The van der Waals surface area contributed by atoms with Gasteiger partial charge in [0.05, 0.1) is 13.0 Å². The molecule has 32 heavy (non-hydrogen) atoms. The first kappa shape index (κ1) is 21.9. The van der Waals surface area contributed by atoms with E-state index in [-0.39, 0.29) is 6.54 Å². The Morgan fingerprint density at radius 2 is 1.91 bits per heavy atom. The molecule has 1 atom stereocenters. The number of rotatable bonds is 6. The van der Waals surface area contributed by atoms with Gasteiger partial charge in [0.1, 0.15) is 5.75 Å². The lowest BCUT2D eigenvalue weighted by Gasteiger charge is -2.29. The van der Waals surface area contributed by atoms with Gasteiger partial charge in [-0.05, 0) is 34.4 Å². The van der Waals surface area contributed by atoms with Gasteiger partial charge in [-0.25, -0.2) is 4.98 Å². The van der Waals surface area contributed by atoms with E-state index >= 15 is 0 Å². The van der Waals surface area contributed by atoms with Crippen molar-refractivity contribution < 1.29 is 27.8 Å². The number of aliphatic hydroxyl groups is 1. The van der Waals surface area contributed by atoms with Crippen molar-refractivity contribution in [3.63, 3.8) is 0 Å². The zero-order chi connectivity index (χ0) is 22.9. The number of alkyl halides is 3. The number of benzene rings is 2. The molecule has 1 aromatic heterocycles. The van der Waals surface area contributed by atoms with Crippen LogP contribution >= 0.6 is 0 Å². The highest BCUT2D eigenvalue weighted by Crippen LogP contribution is 2.40. The van der Waals surface area contributed by atoms with Gasteiger partial charge in [0, 0.05) is 32.4 Å². The fraction of sp³-hybridized carbons (Fsp3) is 0.304. The van der Waals surface area contributed by atoms with Crippen LogP contribution in [0.25, 0.3) is 11.1 Å². The Hall–Kier alpha value is -3.33. The van der Waals surface area contributed by atoms with Crippen LogP contribution in [0, 0.1) is 0 Å². The number of ether oxygens (including phenoxy) is 1. The first-order chi connectivity index (χ1) is 15.2. The monoisotopic (exact) mass is 445 g/mol. The molecular formula is C23H22F3N3O3. The third kappa shape index (κ3) is 4.20. The first-order valence-electron chi connectivity index (χ1n) is 10.1. The summed E-state index contributed by atoms with van der Waals surface area (Å²) in [6.45, 7) is 0.715. The zero-order valence-corrected chi connectivity index (χ0v) is 17.3. The molecule has 0 saturated carbocycles. The third-order valence-corrected chi connectivity index (χ3v) is 5.54. The second-order valence-corrected chi connectivity index (χ2v) is 7.79. The normalized spacial score (nSPS) is 15.0. The van der Waals surface area contributed by atoms with Gasteiger partial charge in [0.25, 0.3) is 0 Å². The fourth-order valence-electron chi connectivity index (χ4n) is 3.75. The Morgan fingerprint density at radius 3 is 2.56 bits per heavy atom. The van der Waals surface area contributed by atoms with Gasteiger partial charge in [-0.2, -0.15) is 13.2 Å². The van der Waals surface area contributed by atoms with E-state index in [2.05, 4.69) is 16.4 Å². The number of fused-ring (bicyclic) bond motifs is 1. The van der Waals surface area contributed by atoms with Crippen LogP contribution in [0.3, 0.4) is 0 Å². The first-order valence-corrected chi connectivity index (χ1v) is 10.1. The van der Waals surface area contributed by atoms with Crippen LogP contribution in [-0.2, 0) is 30.4 Å². The summed E-state index contributed by atoms with van der Waals surface area (Å²) in [6.07, 6.45) is -2.96. The van der Waals surface area contributed by atoms with Crippen molar-refractivity contribution in [2.24, 2.45) is 7.05 Å². The highest BCUT2D eigenvalue weighted by molar-refractivity contribution is 5.77. The lowest BCUT2D eigenvalue weighted by atomic mass is 9.97. The van der Waals surface area contributed by atoms with Gasteiger partial charge in [-0.15, -0.1) is 0 Å². The van der Waals surface area contributed by atoms with E-state index in [1.54, 1.807) is 12.1 Å². The van der Waals surface area contributed by atoms with E-state index < -0.39 is 29.9 Å². The molecule has 168 valence electrons. The van der Waals surface area contributed by atoms with Crippen molar-refractivity contribution in [2.75, 3.05) is 6.61 Å². The van der Waals surface area contributed by atoms with Gasteiger partial charge in [0.15, 0.2) is 5.82 Å². The quantitative estimate of drug-likeness (QED) is 0.609. The molecule has 0 bridgehead atoms. The smallest absolute Gasteiger partial charge is 0.425 e. The van der Waals surface area contributed by atoms with E-state index in [1.165, 1.54) is 13.2 Å². The maximum atomic E-state index is 13.6. The molecule has 1 amide bonds.